The highest BCUT2D eigenvalue weighted by Crippen LogP contribution is 2.23. The van der Waals surface area contributed by atoms with E-state index in [0.717, 1.165) is 5.56 Å². The van der Waals surface area contributed by atoms with Gasteiger partial charge in [-0.25, -0.2) is 10.9 Å². The van der Waals surface area contributed by atoms with Crippen LogP contribution in [0.2, 0.25) is 0 Å². The lowest BCUT2D eigenvalue weighted by atomic mass is 10.0. The van der Waals surface area contributed by atoms with Crippen molar-refractivity contribution in [2.24, 2.45) is 5.90 Å². The summed E-state index contributed by atoms with van der Waals surface area (Å²) in [4.78, 5) is 8.66. The van der Waals surface area contributed by atoms with Crippen molar-refractivity contribution in [3.63, 3.8) is 0 Å². The average molecular weight is 182 g/mol. The van der Waals surface area contributed by atoms with E-state index in [2.05, 4.69) is 9.82 Å². The minimum atomic E-state index is 0.189. The summed E-state index contributed by atoms with van der Waals surface area (Å²) >= 11 is 0. The summed E-state index contributed by atoms with van der Waals surface area (Å²) in [5.74, 6) is 5.82. The van der Waals surface area contributed by atoms with E-state index < -0.39 is 0 Å². The van der Waals surface area contributed by atoms with Crippen molar-refractivity contribution in [2.75, 3.05) is 13.7 Å². The molecule has 0 amide bonds. The van der Waals surface area contributed by atoms with Gasteiger partial charge in [0.2, 0.25) is 5.88 Å². The first kappa shape index (κ1) is 9.95. The molecule has 0 aliphatic heterocycles. The molecule has 13 heavy (non-hydrogen) atoms. The van der Waals surface area contributed by atoms with Gasteiger partial charge in [-0.15, -0.1) is 0 Å². The fourth-order valence-electron chi connectivity index (χ4n) is 1.18. The summed E-state index contributed by atoms with van der Waals surface area (Å²) in [5.41, 5.74) is 1.01. The Balaban J connectivity index is 2.85. The quantitative estimate of drug-likeness (QED) is 0.708. The van der Waals surface area contributed by atoms with Crippen LogP contribution in [-0.2, 0) is 4.84 Å². The monoisotopic (exact) mass is 182 g/mol. The van der Waals surface area contributed by atoms with E-state index in [-0.39, 0.29) is 5.92 Å². The highest BCUT2D eigenvalue weighted by Gasteiger charge is 2.11. The van der Waals surface area contributed by atoms with E-state index in [4.69, 9.17) is 10.6 Å². The predicted molar refractivity (Wildman–Crippen MR) is 49.3 cm³/mol. The molecule has 1 atom stereocenters. The highest BCUT2D eigenvalue weighted by atomic mass is 16.6. The number of hydrogen-bond donors (Lipinski definition) is 1. The van der Waals surface area contributed by atoms with Crippen LogP contribution < -0.4 is 10.6 Å². The predicted octanol–water partition coefficient (Wildman–Crippen LogP) is 1.08. The number of hydrogen-bond acceptors (Lipinski definition) is 4. The number of nitrogens with two attached hydrogens (primary N) is 1. The van der Waals surface area contributed by atoms with E-state index in [1.54, 1.807) is 13.3 Å². The summed E-state index contributed by atoms with van der Waals surface area (Å²) in [6.07, 6.45) is 1.69. The summed E-state index contributed by atoms with van der Waals surface area (Å²) in [5, 5.41) is 0. The number of rotatable bonds is 4. The number of ether oxygens (including phenoxy) is 1. The molecule has 0 bridgehead atoms. The standard InChI is InChI=1S/C9H14N2O2/c1-7(6-13-10)8-4-3-5-11-9(8)12-2/h3-5,7H,6,10H2,1-2H3. The lowest BCUT2D eigenvalue weighted by molar-refractivity contribution is 0.126. The summed E-state index contributed by atoms with van der Waals surface area (Å²) in [6.45, 7) is 2.47. The molecular weight excluding hydrogens is 168 g/mol. The Morgan fingerprint density at radius 3 is 3.00 bits per heavy atom. The molecule has 0 aliphatic carbocycles. The number of nitrogens with zero attached hydrogens (tertiary/aromatic N) is 1. The van der Waals surface area contributed by atoms with Crippen molar-refractivity contribution in [3.8, 4) is 5.88 Å². The van der Waals surface area contributed by atoms with Crippen LogP contribution in [0.15, 0.2) is 18.3 Å². The van der Waals surface area contributed by atoms with Gasteiger partial charge in [-0.1, -0.05) is 13.0 Å². The van der Waals surface area contributed by atoms with Crippen LogP contribution in [0.1, 0.15) is 18.4 Å². The van der Waals surface area contributed by atoms with Gasteiger partial charge in [0.25, 0.3) is 0 Å². The van der Waals surface area contributed by atoms with Gasteiger partial charge in [0.15, 0.2) is 0 Å². The third-order valence-electron chi connectivity index (χ3n) is 1.87. The van der Waals surface area contributed by atoms with Crippen LogP contribution in [0.5, 0.6) is 5.88 Å². The summed E-state index contributed by atoms with van der Waals surface area (Å²) in [6, 6.07) is 3.82. The van der Waals surface area contributed by atoms with Crippen LogP contribution in [-0.4, -0.2) is 18.7 Å². The average Bonchev–Trinajstić information content (AvgIpc) is 2.18. The Labute approximate surface area is 77.6 Å². The zero-order valence-corrected chi connectivity index (χ0v) is 7.86. The van der Waals surface area contributed by atoms with Crippen molar-refractivity contribution in [2.45, 2.75) is 12.8 Å². The van der Waals surface area contributed by atoms with Crippen LogP contribution in [0.4, 0.5) is 0 Å². The molecule has 0 radical (unpaired) electrons. The van der Waals surface area contributed by atoms with Crippen LogP contribution >= 0.6 is 0 Å². The van der Waals surface area contributed by atoms with E-state index in [1.165, 1.54) is 0 Å². The van der Waals surface area contributed by atoms with E-state index >= 15 is 0 Å². The van der Waals surface area contributed by atoms with Gasteiger partial charge in [0, 0.05) is 17.7 Å². The molecule has 0 spiro atoms. The minimum absolute atomic E-state index is 0.189. The van der Waals surface area contributed by atoms with E-state index in [1.807, 2.05) is 19.1 Å². The van der Waals surface area contributed by atoms with Crippen LogP contribution in [0, 0.1) is 0 Å². The van der Waals surface area contributed by atoms with Crippen LogP contribution in [0.25, 0.3) is 0 Å². The normalized spacial score (nSPS) is 12.5. The van der Waals surface area contributed by atoms with Gasteiger partial charge >= 0.3 is 0 Å². The molecule has 0 fully saturated rings. The van der Waals surface area contributed by atoms with Gasteiger partial charge in [0.1, 0.15) is 0 Å². The molecule has 1 aromatic heterocycles. The first-order valence-corrected chi connectivity index (χ1v) is 4.10. The third kappa shape index (κ3) is 2.40. The third-order valence-corrected chi connectivity index (χ3v) is 1.87. The molecule has 1 aromatic rings. The molecule has 4 nitrogen and oxygen atoms in total. The zero-order valence-electron chi connectivity index (χ0n) is 7.86. The number of methoxy groups -OCH3 is 1. The van der Waals surface area contributed by atoms with Gasteiger partial charge in [-0.05, 0) is 6.07 Å². The lowest BCUT2D eigenvalue weighted by Crippen LogP contribution is -2.09. The molecule has 1 heterocycles. The minimum Gasteiger partial charge on any atom is -0.481 e. The molecule has 72 valence electrons. The van der Waals surface area contributed by atoms with E-state index in [0.29, 0.717) is 12.5 Å². The van der Waals surface area contributed by atoms with Gasteiger partial charge in [-0.2, -0.15) is 0 Å². The molecule has 4 heteroatoms. The fourth-order valence-corrected chi connectivity index (χ4v) is 1.18. The molecule has 2 N–H and O–H groups in total. The van der Waals surface area contributed by atoms with Gasteiger partial charge in [0.05, 0.1) is 13.7 Å². The zero-order chi connectivity index (χ0) is 9.68. The molecule has 1 rings (SSSR count). The van der Waals surface area contributed by atoms with Crippen molar-refractivity contribution < 1.29 is 9.57 Å². The first-order valence-electron chi connectivity index (χ1n) is 4.10. The van der Waals surface area contributed by atoms with E-state index in [9.17, 15) is 0 Å². The highest BCUT2D eigenvalue weighted by molar-refractivity contribution is 5.28. The Kier molecular flexibility index (Phi) is 3.67. The SMILES string of the molecule is COc1ncccc1C(C)CON. The Hall–Kier alpha value is -1.13. The topological polar surface area (TPSA) is 57.4 Å². The fraction of sp³-hybridized carbons (Fsp3) is 0.444. The molecular formula is C9H14N2O2. The molecule has 0 saturated heterocycles. The molecule has 1 unspecified atom stereocenters. The summed E-state index contributed by atoms with van der Waals surface area (Å²) < 4.78 is 5.11. The van der Waals surface area contributed by atoms with Crippen molar-refractivity contribution in [1.82, 2.24) is 4.98 Å². The second-order valence-corrected chi connectivity index (χ2v) is 2.84. The Bertz CT molecular complexity index is 266. The molecule has 0 aromatic carbocycles. The van der Waals surface area contributed by atoms with Crippen molar-refractivity contribution >= 4 is 0 Å². The number of pyridine rings is 1. The second kappa shape index (κ2) is 4.79. The first-order chi connectivity index (χ1) is 6.29. The molecule has 0 aliphatic rings. The van der Waals surface area contributed by atoms with Crippen LogP contribution in [0.3, 0.4) is 0 Å². The Morgan fingerprint density at radius 1 is 1.62 bits per heavy atom. The van der Waals surface area contributed by atoms with Crippen molar-refractivity contribution in [1.29, 1.82) is 0 Å². The maximum absolute atomic E-state index is 5.11. The largest absolute Gasteiger partial charge is 0.481 e. The maximum atomic E-state index is 5.11. The maximum Gasteiger partial charge on any atom is 0.216 e. The summed E-state index contributed by atoms with van der Waals surface area (Å²) in [7, 11) is 1.60. The molecule has 0 saturated carbocycles. The van der Waals surface area contributed by atoms with Gasteiger partial charge in [-0.3, -0.25) is 0 Å². The number of aromatic nitrogens is 1. The lowest BCUT2D eigenvalue weighted by Gasteiger charge is -2.12. The Morgan fingerprint density at radius 2 is 2.38 bits per heavy atom. The smallest absolute Gasteiger partial charge is 0.216 e. The second-order valence-electron chi connectivity index (χ2n) is 2.84. The van der Waals surface area contributed by atoms with Gasteiger partial charge < -0.3 is 9.57 Å². The van der Waals surface area contributed by atoms with Crippen molar-refractivity contribution in [3.05, 3.63) is 23.9 Å².